The number of sulfone groups is 1. The van der Waals surface area contributed by atoms with Crippen LogP contribution in [0.15, 0.2) is 17.2 Å². The van der Waals surface area contributed by atoms with E-state index in [4.69, 9.17) is 27.9 Å². The molecule has 122 valence electrons. The first-order valence-electron chi connectivity index (χ1n) is 6.36. The molecule has 22 heavy (non-hydrogen) atoms. The highest BCUT2D eigenvalue weighted by atomic mass is 35.5. The number of aromatic nitrogens is 1. The van der Waals surface area contributed by atoms with E-state index in [2.05, 4.69) is 4.98 Å². The highest BCUT2D eigenvalue weighted by Crippen LogP contribution is 2.31. The number of pyridine rings is 1. The van der Waals surface area contributed by atoms with Crippen molar-refractivity contribution >= 4 is 43.1 Å². The maximum Gasteiger partial charge on any atom is 0.245 e. The van der Waals surface area contributed by atoms with E-state index in [1.54, 1.807) is 0 Å². The Morgan fingerprint density at radius 1 is 1.32 bits per heavy atom. The van der Waals surface area contributed by atoms with Crippen molar-refractivity contribution in [3.63, 3.8) is 0 Å². The third kappa shape index (κ3) is 2.85. The fraction of sp³-hybridized carbons (Fsp3) is 0.545. The van der Waals surface area contributed by atoms with Crippen LogP contribution in [0.1, 0.15) is 0 Å². The van der Waals surface area contributed by atoms with Crippen LogP contribution >= 0.6 is 23.2 Å². The molecule has 2 fully saturated rings. The zero-order chi connectivity index (χ0) is 16.1. The Bertz CT molecular complexity index is 812. The predicted octanol–water partition coefficient (Wildman–Crippen LogP) is 0.575. The van der Waals surface area contributed by atoms with Gasteiger partial charge in [0.2, 0.25) is 10.0 Å². The zero-order valence-corrected chi connectivity index (χ0v) is 14.3. The molecule has 1 aromatic heterocycles. The molecule has 0 N–H and O–H groups in total. The lowest BCUT2D eigenvalue weighted by atomic mass is 10.2. The minimum atomic E-state index is -3.92. The van der Waals surface area contributed by atoms with Crippen molar-refractivity contribution in [2.75, 3.05) is 24.7 Å². The molecule has 0 amide bonds. The Hall–Kier alpha value is -0.450. The smallest absolute Gasteiger partial charge is 0.245 e. The van der Waals surface area contributed by atoms with Gasteiger partial charge >= 0.3 is 0 Å². The van der Waals surface area contributed by atoms with Crippen molar-refractivity contribution in [1.82, 2.24) is 9.29 Å². The maximum atomic E-state index is 12.7. The van der Waals surface area contributed by atoms with Gasteiger partial charge in [0, 0.05) is 12.7 Å². The van der Waals surface area contributed by atoms with E-state index in [0.717, 1.165) is 10.5 Å². The lowest BCUT2D eigenvalue weighted by molar-refractivity contribution is -0.0141. The summed E-state index contributed by atoms with van der Waals surface area (Å²) in [6, 6.07) is 0.485. The molecule has 0 aromatic carbocycles. The van der Waals surface area contributed by atoms with Gasteiger partial charge in [0.1, 0.15) is 10.0 Å². The lowest BCUT2D eigenvalue weighted by Crippen LogP contribution is -2.53. The largest absolute Gasteiger partial charge is 0.374 e. The normalized spacial score (nSPS) is 28.5. The van der Waals surface area contributed by atoms with E-state index in [0.29, 0.717) is 0 Å². The molecular formula is C11H12Cl2N2O5S2. The number of morpholine rings is 1. The van der Waals surface area contributed by atoms with Gasteiger partial charge in [-0.3, -0.25) is 0 Å². The van der Waals surface area contributed by atoms with E-state index < -0.39 is 32.0 Å². The summed E-state index contributed by atoms with van der Waals surface area (Å²) in [7, 11) is -7.24. The third-order valence-electron chi connectivity index (χ3n) is 3.66. The summed E-state index contributed by atoms with van der Waals surface area (Å²) >= 11 is 11.5. The highest BCUT2D eigenvalue weighted by Gasteiger charge is 2.48. The van der Waals surface area contributed by atoms with Gasteiger partial charge in [0.05, 0.1) is 35.3 Å². The summed E-state index contributed by atoms with van der Waals surface area (Å²) in [4.78, 5) is 3.61. The molecule has 2 aliphatic heterocycles. The second-order valence-electron chi connectivity index (χ2n) is 5.11. The van der Waals surface area contributed by atoms with Crippen LogP contribution in [0.25, 0.3) is 0 Å². The van der Waals surface area contributed by atoms with Gasteiger partial charge < -0.3 is 4.74 Å². The molecule has 3 rings (SSSR count). The molecule has 2 saturated heterocycles. The van der Waals surface area contributed by atoms with Gasteiger partial charge in [-0.05, 0) is 6.07 Å². The number of ether oxygens (including phenoxy) is 1. The Kier molecular flexibility index (Phi) is 4.15. The molecule has 2 unspecified atom stereocenters. The summed E-state index contributed by atoms with van der Waals surface area (Å²) in [6.45, 7) is 0.226. The van der Waals surface area contributed by atoms with Gasteiger partial charge in [0.15, 0.2) is 9.84 Å². The molecule has 0 bridgehead atoms. The van der Waals surface area contributed by atoms with E-state index >= 15 is 0 Å². The van der Waals surface area contributed by atoms with Crippen LogP contribution in [0.2, 0.25) is 10.2 Å². The summed E-state index contributed by atoms with van der Waals surface area (Å²) in [5.74, 6) is -0.408. The van der Waals surface area contributed by atoms with E-state index in [1.165, 1.54) is 6.07 Å². The van der Waals surface area contributed by atoms with Crippen molar-refractivity contribution in [1.29, 1.82) is 0 Å². The van der Waals surface area contributed by atoms with Crippen molar-refractivity contribution in [3.05, 3.63) is 22.4 Å². The van der Waals surface area contributed by atoms with Gasteiger partial charge in [-0.2, -0.15) is 4.31 Å². The van der Waals surface area contributed by atoms with Crippen LogP contribution in [-0.2, 0) is 24.6 Å². The summed E-state index contributed by atoms with van der Waals surface area (Å²) in [5, 5.41) is 0.0236. The fourth-order valence-electron chi connectivity index (χ4n) is 2.66. The van der Waals surface area contributed by atoms with E-state index in [-0.39, 0.29) is 39.7 Å². The summed E-state index contributed by atoms with van der Waals surface area (Å²) in [5.41, 5.74) is 0. The van der Waals surface area contributed by atoms with Crippen molar-refractivity contribution in [2.45, 2.75) is 17.0 Å². The quantitative estimate of drug-likeness (QED) is 0.689. The van der Waals surface area contributed by atoms with Crippen LogP contribution in [0, 0.1) is 0 Å². The van der Waals surface area contributed by atoms with Crippen molar-refractivity contribution < 1.29 is 21.6 Å². The molecule has 3 heterocycles. The minimum Gasteiger partial charge on any atom is -0.374 e. The maximum absolute atomic E-state index is 12.7. The second-order valence-corrected chi connectivity index (χ2v) is 9.92. The Morgan fingerprint density at radius 3 is 2.73 bits per heavy atom. The molecule has 2 atom stereocenters. The topological polar surface area (TPSA) is 93.6 Å². The first-order valence-corrected chi connectivity index (χ1v) is 10.4. The van der Waals surface area contributed by atoms with Crippen LogP contribution in [-0.4, -0.2) is 62.9 Å². The Balaban J connectivity index is 1.99. The van der Waals surface area contributed by atoms with Crippen LogP contribution in [0.5, 0.6) is 0 Å². The second kappa shape index (κ2) is 5.57. The van der Waals surface area contributed by atoms with Gasteiger partial charge in [-0.25, -0.2) is 21.8 Å². The summed E-state index contributed by atoms with van der Waals surface area (Å²) in [6.07, 6.45) is 0.474. The molecule has 0 saturated carbocycles. The van der Waals surface area contributed by atoms with Crippen LogP contribution in [0.4, 0.5) is 0 Å². The number of rotatable bonds is 2. The first-order chi connectivity index (χ1) is 10.2. The zero-order valence-electron chi connectivity index (χ0n) is 11.1. The number of halogens is 2. The van der Waals surface area contributed by atoms with Gasteiger partial charge in [0.25, 0.3) is 0 Å². The lowest BCUT2D eigenvalue weighted by Gasteiger charge is -2.35. The molecule has 0 radical (unpaired) electrons. The van der Waals surface area contributed by atoms with Crippen LogP contribution in [0.3, 0.4) is 0 Å². The fourth-order valence-corrected chi connectivity index (χ4v) is 6.57. The summed E-state index contributed by atoms with van der Waals surface area (Å²) < 4.78 is 55.5. The molecule has 0 aliphatic carbocycles. The van der Waals surface area contributed by atoms with Crippen molar-refractivity contribution in [3.8, 4) is 0 Å². The number of hydrogen-bond acceptors (Lipinski definition) is 6. The molecule has 2 aliphatic rings. The Labute approximate surface area is 138 Å². The predicted molar refractivity (Wildman–Crippen MR) is 80.3 cm³/mol. The first kappa shape index (κ1) is 16.4. The average Bonchev–Trinajstić information content (AvgIpc) is 2.74. The monoisotopic (exact) mass is 386 g/mol. The third-order valence-corrected chi connectivity index (χ3v) is 7.92. The molecule has 11 heteroatoms. The molecule has 0 spiro atoms. The molecule has 1 aromatic rings. The average molecular weight is 387 g/mol. The highest BCUT2D eigenvalue weighted by molar-refractivity contribution is 7.92. The molecular weight excluding hydrogens is 375 g/mol. The standard InChI is InChI=1S/C11H12Cl2N2O5S2/c12-8-3-7(4-14-11(8)13)22(18,19)15-1-2-20-10-6-21(16,17)5-9(10)15/h3-4,9-10H,1-2,5-6H2. The van der Waals surface area contributed by atoms with E-state index in [9.17, 15) is 16.8 Å². The number of nitrogens with zero attached hydrogens (tertiary/aromatic N) is 2. The van der Waals surface area contributed by atoms with Crippen LogP contribution < -0.4 is 0 Å². The number of fused-ring (bicyclic) bond motifs is 1. The van der Waals surface area contributed by atoms with Crippen molar-refractivity contribution in [2.24, 2.45) is 0 Å². The SMILES string of the molecule is O=S1(=O)CC2OCCN(S(=O)(=O)c3cnc(Cl)c(Cl)c3)C2C1. The van der Waals surface area contributed by atoms with E-state index in [1.807, 2.05) is 0 Å². The Morgan fingerprint density at radius 2 is 2.05 bits per heavy atom. The minimum absolute atomic E-state index is 0.00362. The number of hydrogen-bond donors (Lipinski definition) is 0. The van der Waals surface area contributed by atoms with Gasteiger partial charge in [-0.1, -0.05) is 23.2 Å². The number of sulfonamides is 1. The van der Waals surface area contributed by atoms with Gasteiger partial charge in [-0.15, -0.1) is 0 Å². The molecule has 7 nitrogen and oxygen atoms in total.